The molecule has 0 aliphatic heterocycles. The highest BCUT2D eigenvalue weighted by Crippen LogP contribution is 2.28. The number of ketones is 1. The van der Waals surface area contributed by atoms with Crippen molar-refractivity contribution in [3.63, 3.8) is 0 Å². The van der Waals surface area contributed by atoms with E-state index in [9.17, 15) is 4.79 Å². The van der Waals surface area contributed by atoms with E-state index >= 15 is 0 Å². The maximum absolute atomic E-state index is 12.2. The van der Waals surface area contributed by atoms with Gasteiger partial charge in [-0.25, -0.2) is 4.98 Å². The SMILES string of the molecule is Nc1ncccc1CC(=O)C1(N)CCCCC1. The third-order valence-corrected chi connectivity index (χ3v) is 3.58. The molecule has 0 atom stereocenters. The molecule has 1 saturated carbocycles. The Balaban J connectivity index is 2.08. The number of nitrogen functional groups attached to an aromatic ring is 1. The fourth-order valence-electron chi connectivity index (χ4n) is 2.41. The first-order chi connectivity index (χ1) is 8.12. The number of carbonyl (C=O) groups is 1. The summed E-state index contributed by atoms with van der Waals surface area (Å²) in [5.74, 6) is 0.525. The van der Waals surface area contributed by atoms with Crippen LogP contribution in [-0.2, 0) is 11.2 Å². The second-order valence-corrected chi connectivity index (χ2v) is 4.86. The van der Waals surface area contributed by atoms with Crippen molar-refractivity contribution >= 4 is 11.6 Å². The van der Waals surface area contributed by atoms with Crippen molar-refractivity contribution < 1.29 is 4.79 Å². The zero-order valence-corrected chi connectivity index (χ0v) is 9.98. The molecule has 4 nitrogen and oxygen atoms in total. The highest BCUT2D eigenvalue weighted by molar-refractivity contribution is 5.90. The van der Waals surface area contributed by atoms with Gasteiger partial charge in [0.25, 0.3) is 0 Å². The minimum Gasteiger partial charge on any atom is -0.383 e. The predicted molar refractivity (Wildman–Crippen MR) is 67.4 cm³/mol. The first-order valence-corrected chi connectivity index (χ1v) is 6.13. The maximum atomic E-state index is 12.2. The van der Waals surface area contributed by atoms with Crippen LogP contribution in [0.1, 0.15) is 37.7 Å². The summed E-state index contributed by atoms with van der Waals surface area (Å²) in [5, 5.41) is 0. The van der Waals surface area contributed by atoms with Crippen LogP contribution >= 0.6 is 0 Å². The standard InChI is InChI=1S/C13H19N3O/c14-12-10(5-4-8-16-12)9-11(17)13(15)6-2-1-3-7-13/h4-5,8H,1-3,6-7,9,15H2,(H2,14,16). The number of rotatable bonds is 3. The van der Waals surface area contributed by atoms with E-state index in [1.807, 2.05) is 6.07 Å². The van der Waals surface area contributed by atoms with Crippen LogP contribution in [0.25, 0.3) is 0 Å². The summed E-state index contributed by atoms with van der Waals surface area (Å²) < 4.78 is 0. The Hall–Kier alpha value is -1.42. The van der Waals surface area contributed by atoms with Gasteiger partial charge in [-0.2, -0.15) is 0 Å². The zero-order chi connectivity index (χ0) is 12.3. The Morgan fingerprint density at radius 1 is 1.35 bits per heavy atom. The van der Waals surface area contributed by atoms with Gasteiger partial charge in [-0.3, -0.25) is 4.79 Å². The third-order valence-electron chi connectivity index (χ3n) is 3.58. The van der Waals surface area contributed by atoms with Crippen LogP contribution < -0.4 is 11.5 Å². The Morgan fingerprint density at radius 3 is 2.71 bits per heavy atom. The van der Waals surface area contributed by atoms with Crippen LogP contribution in [0.15, 0.2) is 18.3 Å². The Kier molecular flexibility index (Phi) is 3.43. The first-order valence-electron chi connectivity index (χ1n) is 6.13. The van der Waals surface area contributed by atoms with Crippen LogP contribution in [0.3, 0.4) is 0 Å². The number of hydrogen-bond donors (Lipinski definition) is 2. The molecule has 1 fully saturated rings. The van der Waals surface area contributed by atoms with E-state index < -0.39 is 5.54 Å². The summed E-state index contributed by atoms with van der Waals surface area (Å²) >= 11 is 0. The van der Waals surface area contributed by atoms with Crippen LogP contribution in [0, 0.1) is 0 Å². The lowest BCUT2D eigenvalue weighted by atomic mass is 9.78. The Morgan fingerprint density at radius 2 is 2.06 bits per heavy atom. The third kappa shape index (κ3) is 2.64. The van der Waals surface area contributed by atoms with Gasteiger partial charge in [0.1, 0.15) is 5.82 Å². The number of nitrogens with zero attached hydrogens (tertiary/aromatic N) is 1. The van der Waals surface area contributed by atoms with E-state index in [-0.39, 0.29) is 5.78 Å². The smallest absolute Gasteiger partial charge is 0.157 e. The predicted octanol–water partition coefficient (Wildman–Crippen LogP) is 1.44. The Labute approximate surface area is 101 Å². The molecule has 1 aromatic rings. The van der Waals surface area contributed by atoms with Crippen LogP contribution in [0.4, 0.5) is 5.82 Å². The topological polar surface area (TPSA) is 82.0 Å². The average Bonchev–Trinajstić information content (AvgIpc) is 2.33. The summed E-state index contributed by atoms with van der Waals surface area (Å²) in [7, 11) is 0. The van der Waals surface area contributed by atoms with Gasteiger partial charge in [0.15, 0.2) is 5.78 Å². The van der Waals surface area contributed by atoms with Gasteiger partial charge in [-0.1, -0.05) is 25.3 Å². The quantitative estimate of drug-likeness (QED) is 0.827. The molecule has 1 heterocycles. The lowest BCUT2D eigenvalue weighted by molar-refractivity contribution is -0.124. The van der Waals surface area contributed by atoms with E-state index in [2.05, 4.69) is 4.98 Å². The average molecular weight is 233 g/mol. The molecule has 0 unspecified atom stereocenters. The van der Waals surface area contributed by atoms with Crippen molar-refractivity contribution in [3.05, 3.63) is 23.9 Å². The van der Waals surface area contributed by atoms with Gasteiger partial charge in [0.2, 0.25) is 0 Å². The van der Waals surface area contributed by atoms with E-state index in [1.165, 1.54) is 6.42 Å². The van der Waals surface area contributed by atoms with Gasteiger partial charge in [0.05, 0.1) is 5.54 Å². The molecule has 0 amide bonds. The molecule has 4 N–H and O–H groups in total. The van der Waals surface area contributed by atoms with Crippen molar-refractivity contribution in [2.45, 2.75) is 44.1 Å². The van der Waals surface area contributed by atoms with Gasteiger partial charge in [-0.05, 0) is 18.9 Å². The lowest BCUT2D eigenvalue weighted by Crippen LogP contribution is -2.50. The number of nitrogens with two attached hydrogens (primary N) is 2. The van der Waals surface area contributed by atoms with E-state index in [4.69, 9.17) is 11.5 Å². The highest BCUT2D eigenvalue weighted by Gasteiger charge is 2.34. The molecule has 4 heteroatoms. The summed E-state index contributed by atoms with van der Waals surface area (Å²) in [6.45, 7) is 0. The highest BCUT2D eigenvalue weighted by atomic mass is 16.1. The summed E-state index contributed by atoms with van der Waals surface area (Å²) in [6, 6.07) is 3.63. The maximum Gasteiger partial charge on any atom is 0.157 e. The van der Waals surface area contributed by atoms with Crippen molar-refractivity contribution in [1.29, 1.82) is 0 Å². The zero-order valence-electron chi connectivity index (χ0n) is 9.98. The number of aromatic nitrogens is 1. The van der Waals surface area contributed by atoms with Crippen LogP contribution in [0.5, 0.6) is 0 Å². The molecule has 17 heavy (non-hydrogen) atoms. The largest absolute Gasteiger partial charge is 0.383 e. The molecule has 0 radical (unpaired) electrons. The van der Waals surface area contributed by atoms with E-state index in [0.29, 0.717) is 12.2 Å². The van der Waals surface area contributed by atoms with Crippen LogP contribution in [-0.4, -0.2) is 16.3 Å². The lowest BCUT2D eigenvalue weighted by Gasteiger charge is -2.31. The van der Waals surface area contributed by atoms with Gasteiger partial charge >= 0.3 is 0 Å². The van der Waals surface area contributed by atoms with Crippen molar-refractivity contribution in [2.75, 3.05) is 5.73 Å². The molecule has 0 bridgehead atoms. The minimum absolute atomic E-state index is 0.0944. The molecular weight excluding hydrogens is 214 g/mol. The normalized spacial score (nSPS) is 18.9. The minimum atomic E-state index is -0.638. The summed E-state index contributed by atoms with van der Waals surface area (Å²) in [6.07, 6.45) is 6.80. The molecule has 0 aromatic carbocycles. The van der Waals surface area contributed by atoms with Gasteiger partial charge in [0, 0.05) is 18.2 Å². The molecule has 2 rings (SSSR count). The van der Waals surface area contributed by atoms with E-state index in [1.54, 1.807) is 12.3 Å². The number of hydrogen-bond acceptors (Lipinski definition) is 4. The van der Waals surface area contributed by atoms with E-state index in [0.717, 1.165) is 31.2 Å². The van der Waals surface area contributed by atoms with Crippen molar-refractivity contribution in [3.8, 4) is 0 Å². The molecule has 1 aromatic heterocycles. The molecular formula is C13H19N3O. The second kappa shape index (κ2) is 4.84. The summed E-state index contributed by atoms with van der Waals surface area (Å²) in [4.78, 5) is 16.2. The van der Waals surface area contributed by atoms with Gasteiger partial charge in [-0.15, -0.1) is 0 Å². The fraction of sp³-hybridized carbons (Fsp3) is 0.538. The number of Topliss-reactive ketones (excluding diaryl/α,β-unsaturated/α-hetero) is 1. The fourth-order valence-corrected chi connectivity index (χ4v) is 2.41. The van der Waals surface area contributed by atoms with Crippen LogP contribution in [0.2, 0.25) is 0 Å². The number of pyridine rings is 1. The second-order valence-electron chi connectivity index (χ2n) is 4.86. The molecule has 1 aliphatic carbocycles. The molecule has 0 saturated heterocycles. The first kappa shape index (κ1) is 12.0. The molecule has 1 aliphatic rings. The number of anilines is 1. The van der Waals surface area contributed by atoms with Crippen molar-refractivity contribution in [1.82, 2.24) is 4.98 Å². The number of carbonyl (C=O) groups excluding carboxylic acids is 1. The Bertz CT molecular complexity index is 411. The molecule has 0 spiro atoms. The summed E-state index contributed by atoms with van der Waals surface area (Å²) in [5.41, 5.74) is 12.1. The van der Waals surface area contributed by atoms with Crippen molar-refractivity contribution in [2.24, 2.45) is 5.73 Å². The van der Waals surface area contributed by atoms with Gasteiger partial charge < -0.3 is 11.5 Å². The monoisotopic (exact) mass is 233 g/mol. The molecule has 92 valence electrons.